The molecule has 1 fully saturated rings. The van der Waals surface area contributed by atoms with E-state index in [4.69, 9.17) is 0 Å². The zero-order valence-electron chi connectivity index (χ0n) is 12.8. The molecule has 1 aromatic rings. The molecule has 1 aliphatic heterocycles. The molecule has 0 radical (unpaired) electrons. The van der Waals surface area contributed by atoms with Crippen molar-refractivity contribution in [2.45, 2.75) is 31.7 Å². The Hall–Kier alpha value is -2.02. The van der Waals surface area contributed by atoms with Crippen LogP contribution in [0.4, 0.5) is 11.4 Å². The smallest absolute Gasteiger partial charge is 0.248 e. The van der Waals surface area contributed by atoms with Crippen molar-refractivity contribution in [2.24, 2.45) is 0 Å². The Kier molecular flexibility index (Phi) is 4.75. The van der Waals surface area contributed by atoms with Gasteiger partial charge in [-0.1, -0.05) is 0 Å². The maximum absolute atomic E-state index is 12.3. The van der Waals surface area contributed by atoms with Crippen molar-refractivity contribution in [3.05, 3.63) is 24.3 Å². The molecule has 1 heterocycles. The summed E-state index contributed by atoms with van der Waals surface area (Å²) in [5.74, 6) is 0.211. The molecule has 0 unspecified atom stereocenters. The van der Waals surface area contributed by atoms with Gasteiger partial charge >= 0.3 is 0 Å². The Morgan fingerprint density at radius 2 is 1.77 bits per heavy atom. The number of hydrogen-bond donors (Lipinski definition) is 2. The minimum Gasteiger partial charge on any atom is -0.326 e. The molecule has 1 saturated heterocycles. The van der Waals surface area contributed by atoms with E-state index in [1.165, 1.54) is 6.92 Å². The molecule has 0 aliphatic carbocycles. The van der Waals surface area contributed by atoms with Crippen LogP contribution in [0.1, 0.15) is 20.8 Å². The summed E-state index contributed by atoms with van der Waals surface area (Å²) in [7, 11) is 0. The number of thioether (sulfide) groups is 1. The van der Waals surface area contributed by atoms with Gasteiger partial charge in [-0.3, -0.25) is 14.4 Å². The van der Waals surface area contributed by atoms with Crippen LogP contribution >= 0.6 is 11.8 Å². The van der Waals surface area contributed by atoms with E-state index in [1.54, 1.807) is 40.9 Å². The van der Waals surface area contributed by atoms with Gasteiger partial charge in [0.15, 0.2) is 0 Å². The Morgan fingerprint density at radius 1 is 1.23 bits per heavy atom. The van der Waals surface area contributed by atoms with E-state index >= 15 is 0 Å². The molecular weight excluding hydrogens is 302 g/mol. The lowest BCUT2D eigenvalue weighted by Gasteiger charge is -2.30. The summed E-state index contributed by atoms with van der Waals surface area (Å²) < 4.78 is 0. The van der Waals surface area contributed by atoms with Crippen LogP contribution in [-0.4, -0.2) is 39.8 Å². The average molecular weight is 321 g/mol. The van der Waals surface area contributed by atoms with Crippen LogP contribution in [0, 0.1) is 0 Å². The molecule has 0 spiro atoms. The first-order valence-corrected chi connectivity index (χ1v) is 7.88. The Morgan fingerprint density at radius 3 is 2.27 bits per heavy atom. The van der Waals surface area contributed by atoms with Crippen molar-refractivity contribution in [1.29, 1.82) is 0 Å². The van der Waals surface area contributed by atoms with Gasteiger partial charge < -0.3 is 15.5 Å². The zero-order chi connectivity index (χ0) is 16.3. The molecule has 3 amide bonds. The third-order valence-corrected chi connectivity index (χ3v) is 4.84. The highest BCUT2D eigenvalue weighted by Gasteiger charge is 2.42. The fourth-order valence-corrected chi connectivity index (χ4v) is 3.48. The topological polar surface area (TPSA) is 78.5 Å². The van der Waals surface area contributed by atoms with E-state index in [0.717, 1.165) is 6.41 Å². The summed E-state index contributed by atoms with van der Waals surface area (Å²) in [5.41, 5.74) is 1.29. The molecule has 1 aromatic carbocycles. The maximum Gasteiger partial charge on any atom is 0.248 e. The first-order chi connectivity index (χ1) is 10.3. The van der Waals surface area contributed by atoms with Gasteiger partial charge in [-0.25, -0.2) is 0 Å². The van der Waals surface area contributed by atoms with E-state index in [1.807, 2.05) is 13.8 Å². The highest BCUT2D eigenvalue weighted by Crippen LogP contribution is 2.37. The minimum atomic E-state index is -0.479. The summed E-state index contributed by atoms with van der Waals surface area (Å²) >= 11 is 1.57. The lowest BCUT2D eigenvalue weighted by molar-refractivity contribution is -0.130. The predicted molar refractivity (Wildman–Crippen MR) is 87.6 cm³/mol. The molecule has 0 bridgehead atoms. The van der Waals surface area contributed by atoms with Crippen LogP contribution in [0.25, 0.3) is 0 Å². The first-order valence-electron chi connectivity index (χ1n) is 6.90. The second kappa shape index (κ2) is 6.39. The maximum atomic E-state index is 12.3. The van der Waals surface area contributed by atoms with Crippen LogP contribution in [0.2, 0.25) is 0 Å². The molecular formula is C15H19N3O3S. The summed E-state index contributed by atoms with van der Waals surface area (Å²) in [4.78, 5) is 35.7. The molecule has 118 valence electrons. The van der Waals surface area contributed by atoms with Gasteiger partial charge in [-0.2, -0.15) is 0 Å². The first kappa shape index (κ1) is 16.4. The Labute approximate surface area is 133 Å². The van der Waals surface area contributed by atoms with Gasteiger partial charge in [-0.05, 0) is 38.1 Å². The normalized spacial score (nSPS) is 19.6. The molecule has 6 nitrogen and oxygen atoms in total. The zero-order valence-corrected chi connectivity index (χ0v) is 13.6. The fourth-order valence-electron chi connectivity index (χ4n) is 2.28. The van der Waals surface area contributed by atoms with Crippen LogP contribution in [0.3, 0.4) is 0 Å². The Bertz CT molecular complexity index is 586. The van der Waals surface area contributed by atoms with Crippen LogP contribution in [0.5, 0.6) is 0 Å². The van der Waals surface area contributed by atoms with E-state index in [0.29, 0.717) is 17.1 Å². The monoisotopic (exact) mass is 321 g/mol. The number of carbonyl (C=O) groups excluding carboxylic acids is 3. The molecule has 7 heteroatoms. The summed E-state index contributed by atoms with van der Waals surface area (Å²) in [6.45, 7) is 5.27. The largest absolute Gasteiger partial charge is 0.326 e. The molecule has 1 atom stereocenters. The van der Waals surface area contributed by atoms with Crippen molar-refractivity contribution >= 4 is 41.4 Å². The number of rotatable bonds is 4. The van der Waals surface area contributed by atoms with Crippen molar-refractivity contribution in [1.82, 2.24) is 4.90 Å². The van der Waals surface area contributed by atoms with Crippen LogP contribution in [-0.2, 0) is 14.4 Å². The molecule has 0 saturated carbocycles. The van der Waals surface area contributed by atoms with Gasteiger partial charge in [0.2, 0.25) is 18.2 Å². The van der Waals surface area contributed by atoms with E-state index < -0.39 is 6.04 Å². The molecule has 0 aromatic heterocycles. The lowest BCUT2D eigenvalue weighted by atomic mass is 10.2. The van der Waals surface area contributed by atoms with Gasteiger partial charge in [-0.15, -0.1) is 11.8 Å². The SMILES string of the molecule is CC(=O)Nc1ccc(NC(=O)[C@H]2CSC(C)(C)N2C=O)cc1. The molecule has 2 N–H and O–H groups in total. The van der Waals surface area contributed by atoms with Gasteiger partial charge in [0, 0.05) is 24.1 Å². The third-order valence-electron chi connectivity index (χ3n) is 3.44. The van der Waals surface area contributed by atoms with Gasteiger partial charge in [0.05, 0.1) is 4.87 Å². The van der Waals surface area contributed by atoms with Crippen molar-refractivity contribution in [3.8, 4) is 0 Å². The number of carbonyl (C=O) groups is 3. The standard InChI is InChI=1S/C15H19N3O3S/c1-10(20)16-11-4-6-12(7-5-11)17-14(21)13-8-22-15(2,3)18(13)9-19/h4-7,9,13H,8H2,1-3H3,(H,16,20)(H,17,21)/t13-/m1/s1. The van der Waals surface area contributed by atoms with Crippen molar-refractivity contribution in [3.63, 3.8) is 0 Å². The number of benzene rings is 1. The number of hydrogen-bond acceptors (Lipinski definition) is 4. The predicted octanol–water partition coefficient (Wildman–Crippen LogP) is 1.89. The Balaban J connectivity index is 2.03. The summed E-state index contributed by atoms with van der Waals surface area (Å²) in [6, 6.07) is 6.36. The molecule has 22 heavy (non-hydrogen) atoms. The van der Waals surface area contributed by atoms with Crippen molar-refractivity contribution < 1.29 is 14.4 Å². The summed E-state index contributed by atoms with van der Waals surface area (Å²) in [6.07, 6.45) is 0.726. The number of nitrogens with one attached hydrogen (secondary N) is 2. The van der Waals surface area contributed by atoms with E-state index in [-0.39, 0.29) is 16.7 Å². The van der Waals surface area contributed by atoms with E-state index in [2.05, 4.69) is 10.6 Å². The van der Waals surface area contributed by atoms with Gasteiger partial charge in [0.1, 0.15) is 6.04 Å². The second-order valence-electron chi connectivity index (χ2n) is 5.53. The molecule has 2 rings (SSSR count). The van der Waals surface area contributed by atoms with Crippen molar-refractivity contribution in [2.75, 3.05) is 16.4 Å². The van der Waals surface area contributed by atoms with E-state index in [9.17, 15) is 14.4 Å². The number of amides is 3. The summed E-state index contributed by atoms with van der Waals surface area (Å²) in [5, 5.41) is 5.46. The number of anilines is 2. The lowest BCUT2D eigenvalue weighted by Crippen LogP contribution is -2.47. The fraction of sp³-hybridized carbons (Fsp3) is 0.400. The van der Waals surface area contributed by atoms with Gasteiger partial charge in [0.25, 0.3) is 0 Å². The average Bonchev–Trinajstić information content (AvgIpc) is 2.75. The third kappa shape index (κ3) is 3.59. The van der Waals surface area contributed by atoms with Crippen LogP contribution < -0.4 is 10.6 Å². The number of nitrogens with zero attached hydrogens (tertiary/aromatic N) is 1. The van der Waals surface area contributed by atoms with Crippen LogP contribution in [0.15, 0.2) is 24.3 Å². The highest BCUT2D eigenvalue weighted by molar-refractivity contribution is 8.00. The second-order valence-corrected chi connectivity index (χ2v) is 7.16. The highest BCUT2D eigenvalue weighted by atomic mass is 32.2. The molecule has 1 aliphatic rings. The minimum absolute atomic E-state index is 0.149. The quantitative estimate of drug-likeness (QED) is 0.830.